The number of fused-ring (bicyclic) bond motifs is 2. The van der Waals surface area contributed by atoms with E-state index in [0.717, 1.165) is 46.5 Å². The Kier molecular flexibility index (Phi) is 6.35. The first kappa shape index (κ1) is 23.3. The van der Waals surface area contributed by atoms with E-state index in [1.54, 1.807) is 0 Å². The van der Waals surface area contributed by atoms with Gasteiger partial charge in [-0.15, -0.1) is 0 Å². The number of aryl methyl sites for hydroxylation is 1. The lowest BCUT2D eigenvalue weighted by molar-refractivity contribution is -0.129. The number of ether oxygens (including phenoxy) is 1. The van der Waals surface area contributed by atoms with Crippen LogP contribution in [0.4, 0.5) is 0 Å². The number of hydrogen-bond acceptors (Lipinski definition) is 3. The fourth-order valence-corrected chi connectivity index (χ4v) is 5.56. The smallest absolute Gasteiger partial charge is 0.223 e. The molecule has 37 heavy (non-hydrogen) atoms. The van der Waals surface area contributed by atoms with Gasteiger partial charge in [0.15, 0.2) is 0 Å². The number of nitrogens with zero attached hydrogens (tertiary/aromatic N) is 3. The number of likely N-dealkylation sites (tertiary alicyclic amines) is 1. The summed E-state index contributed by atoms with van der Waals surface area (Å²) in [5.74, 6) is 2.19. The summed E-state index contributed by atoms with van der Waals surface area (Å²) in [5, 5.41) is 2.32. The second-order valence-corrected chi connectivity index (χ2v) is 9.82. The number of hydrogen-bond donors (Lipinski definition) is 0. The van der Waals surface area contributed by atoms with E-state index in [-0.39, 0.29) is 17.9 Å². The minimum Gasteiger partial charge on any atom is -0.493 e. The Bertz CT molecular complexity index is 1540. The normalized spacial score (nSPS) is 16.5. The molecule has 0 aliphatic carbocycles. The maximum absolute atomic E-state index is 13.1. The molecule has 5 heteroatoms. The SMILES string of the molecule is CC(c1ccccc1)N1CC(c2nc3ccccc3n2CCCOc2cccc3ccccc23)CC1=O. The number of carbonyl (C=O) groups is 1. The van der Waals surface area contributed by atoms with Crippen LogP contribution in [0.3, 0.4) is 0 Å². The van der Waals surface area contributed by atoms with Crippen LogP contribution in [0.15, 0.2) is 97.1 Å². The van der Waals surface area contributed by atoms with Crippen molar-refractivity contribution in [1.82, 2.24) is 14.5 Å². The topological polar surface area (TPSA) is 47.4 Å². The van der Waals surface area contributed by atoms with Gasteiger partial charge in [-0.2, -0.15) is 0 Å². The van der Waals surface area contributed by atoms with E-state index in [4.69, 9.17) is 9.72 Å². The molecule has 1 saturated heterocycles. The summed E-state index contributed by atoms with van der Waals surface area (Å²) in [6, 6.07) is 33.1. The summed E-state index contributed by atoms with van der Waals surface area (Å²) < 4.78 is 8.52. The maximum atomic E-state index is 13.1. The van der Waals surface area contributed by atoms with Gasteiger partial charge in [-0.25, -0.2) is 4.98 Å². The van der Waals surface area contributed by atoms with Gasteiger partial charge in [0, 0.05) is 30.8 Å². The Morgan fingerprint density at radius 3 is 2.57 bits per heavy atom. The van der Waals surface area contributed by atoms with Crippen LogP contribution in [0.5, 0.6) is 5.75 Å². The van der Waals surface area contributed by atoms with Gasteiger partial charge in [0.1, 0.15) is 11.6 Å². The molecule has 1 aliphatic rings. The van der Waals surface area contributed by atoms with Crippen molar-refractivity contribution in [1.29, 1.82) is 0 Å². The molecule has 0 radical (unpaired) electrons. The molecule has 0 saturated carbocycles. The van der Waals surface area contributed by atoms with Gasteiger partial charge in [-0.05, 0) is 42.5 Å². The summed E-state index contributed by atoms with van der Waals surface area (Å²) in [4.78, 5) is 20.1. The molecule has 0 bridgehead atoms. The van der Waals surface area contributed by atoms with Crippen LogP contribution in [0.25, 0.3) is 21.8 Å². The third kappa shape index (κ3) is 4.57. The molecule has 0 N–H and O–H groups in total. The van der Waals surface area contributed by atoms with Crippen LogP contribution in [-0.4, -0.2) is 33.5 Å². The van der Waals surface area contributed by atoms with Crippen LogP contribution in [0.2, 0.25) is 0 Å². The third-order valence-corrected chi connectivity index (χ3v) is 7.49. The van der Waals surface area contributed by atoms with E-state index < -0.39 is 0 Å². The fourth-order valence-electron chi connectivity index (χ4n) is 5.56. The molecule has 1 aromatic heterocycles. The predicted octanol–water partition coefficient (Wildman–Crippen LogP) is 6.74. The van der Waals surface area contributed by atoms with E-state index >= 15 is 0 Å². The zero-order valence-electron chi connectivity index (χ0n) is 21.1. The molecular weight excluding hydrogens is 458 g/mol. The molecule has 186 valence electrons. The summed E-state index contributed by atoms with van der Waals surface area (Å²) in [7, 11) is 0. The highest BCUT2D eigenvalue weighted by Crippen LogP contribution is 2.35. The summed E-state index contributed by atoms with van der Waals surface area (Å²) in [6.45, 7) is 4.20. The maximum Gasteiger partial charge on any atom is 0.223 e. The number of carbonyl (C=O) groups excluding carboxylic acids is 1. The standard InChI is InChI=1S/C32H31N3O2/c1-23(24-11-3-2-4-12-24)35-22-26(21-31(35)36)32-33-28-16-7-8-17-29(28)34(32)19-10-20-37-30-18-9-14-25-13-5-6-15-27(25)30/h2-9,11-18,23,26H,10,19-22H2,1H3. The van der Waals surface area contributed by atoms with Gasteiger partial charge in [-0.3, -0.25) is 4.79 Å². The Labute approximate surface area is 217 Å². The van der Waals surface area contributed by atoms with Crippen LogP contribution >= 0.6 is 0 Å². The minimum atomic E-state index is 0.0469. The van der Waals surface area contributed by atoms with Gasteiger partial charge < -0.3 is 14.2 Å². The zero-order valence-corrected chi connectivity index (χ0v) is 21.1. The van der Waals surface area contributed by atoms with Crippen molar-refractivity contribution in [3.8, 4) is 5.75 Å². The molecule has 2 atom stereocenters. The average molecular weight is 490 g/mol. The van der Waals surface area contributed by atoms with Gasteiger partial charge >= 0.3 is 0 Å². The number of aromatic nitrogens is 2. The summed E-state index contributed by atoms with van der Waals surface area (Å²) in [5.41, 5.74) is 3.26. The van der Waals surface area contributed by atoms with Gasteiger partial charge in [0.2, 0.25) is 5.91 Å². The number of imidazole rings is 1. The molecule has 6 rings (SSSR count). The van der Waals surface area contributed by atoms with Crippen LogP contribution in [-0.2, 0) is 11.3 Å². The largest absolute Gasteiger partial charge is 0.493 e. The molecule has 2 unspecified atom stereocenters. The highest BCUT2D eigenvalue weighted by atomic mass is 16.5. The van der Waals surface area contributed by atoms with Crippen molar-refractivity contribution in [2.24, 2.45) is 0 Å². The molecular formula is C32H31N3O2. The predicted molar refractivity (Wildman–Crippen MR) is 148 cm³/mol. The first-order valence-corrected chi connectivity index (χ1v) is 13.1. The van der Waals surface area contributed by atoms with Crippen molar-refractivity contribution in [2.75, 3.05) is 13.2 Å². The van der Waals surface area contributed by atoms with Crippen LogP contribution in [0.1, 0.15) is 43.1 Å². The van der Waals surface area contributed by atoms with E-state index in [2.05, 4.69) is 60.0 Å². The lowest BCUT2D eigenvalue weighted by atomic mass is 10.1. The first-order chi connectivity index (χ1) is 18.2. The Balaban J connectivity index is 1.20. The number of benzene rings is 4. The molecule has 1 aliphatic heterocycles. The zero-order chi connectivity index (χ0) is 25.2. The Morgan fingerprint density at radius 2 is 1.68 bits per heavy atom. The third-order valence-electron chi connectivity index (χ3n) is 7.49. The molecule has 5 nitrogen and oxygen atoms in total. The second-order valence-electron chi connectivity index (χ2n) is 9.82. The second kappa shape index (κ2) is 10.1. The molecule has 0 spiro atoms. The van der Waals surface area contributed by atoms with Crippen molar-refractivity contribution >= 4 is 27.7 Å². The minimum absolute atomic E-state index is 0.0469. The van der Waals surface area contributed by atoms with Gasteiger partial charge in [-0.1, -0.05) is 78.9 Å². The van der Waals surface area contributed by atoms with E-state index in [1.807, 2.05) is 53.4 Å². The molecule has 4 aromatic carbocycles. The quantitative estimate of drug-likeness (QED) is 0.227. The van der Waals surface area contributed by atoms with Gasteiger partial charge in [0.25, 0.3) is 0 Å². The molecule has 2 heterocycles. The summed E-state index contributed by atoms with van der Waals surface area (Å²) in [6.07, 6.45) is 1.34. The van der Waals surface area contributed by atoms with Crippen LogP contribution < -0.4 is 4.74 Å². The van der Waals surface area contributed by atoms with Crippen molar-refractivity contribution in [3.05, 3.63) is 108 Å². The lowest BCUT2D eigenvalue weighted by Crippen LogP contribution is -2.28. The molecule has 1 amide bonds. The van der Waals surface area contributed by atoms with Crippen molar-refractivity contribution in [3.63, 3.8) is 0 Å². The van der Waals surface area contributed by atoms with E-state index in [9.17, 15) is 4.79 Å². The number of rotatable bonds is 8. The molecule has 1 fully saturated rings. The number of para-hydroxylation sites is 2. The first-order valence-electron chi connectivity index (χ1n) is 13.1. The highest BCUT2D eigenvalue weighted by molar-refractivity contribution is 5.88. The van der Waals surface area contributed by atoms with E-state index in [0.29, 0.717) is 19.6 Å². The van der Waals surface area contributed by atoms with Gasteiger partial charge in [0.05, 0.1) is 23.7 Å². The van der Waals surface area contributed by atoms with Crippen molar-refractivity contribution in [2.45, 2.75) is 38.3 Å². The fraction of sp³-hybridized carbons (Fsp3) is 0.250. The van der Waals surface area contributed by atoms with Crippen LogP contribution in [0, 0.1) is 0 Å². The Morgan fingerprint density at radius 1 is 0.919 bits per heavy atom. The highest BCUT2D eigenvalue weighted by Gasteiger charge is 2.36. The van der Waals surface area contributed by atoms with Crippen molar-refractivity contribution < 1.29 is 9.53 Å². The molecule has 5 aromatic rings. The summed E-state index contributed by atoms with van der Waals surface area (Å²) >= 11 is 0. The monoisotopic (exact) mass is 489 g/mol. The Hall–Kier alpha value is -4.12. The van der Waals surface area contributed by atoms with E-state index in [1.165, 1.54) is 5.39 Å². The number of amides is 1. The lowest BCUT2D eigenvalue weighted by Gasteiger charge is -2.25. The average Bonchev–Trinajstić information content (AvgIpc) is 3.51.